The summed E-state index contributed by atoms with van der Waals surface area (Å²) in [7, 11) is 0. The van der Waals surface area contributed by atoms with Crippen LogP contribution in [-0.4, -0.2) is 47.2 Å². The number of likely N-dealkylation sites (tertiary alicyclic amines) is 1. The molecule has 0 unspecified atom stereocenters. The Bertz CT molecular complexity index is 1410. The minimum atomic E-state index is -0.850. The standard InChI is InChI=1S/C25H22FN5O3/c1-16-21(30-12-3-2-5-19(30)28-16)23(32)20-22(17-6-8-18(26)9-7-17)31(25(34)24(20)33)13-4-11-29-14-10-27-15-29/h2-3,5-10,12,14-15,22,32H,4,11,13H2,1H3/b23-20+/t22-/m0/s1. The zero-order chi connectivity index (χ0) is 23.8. The van der Waals surface area contributed by atoms with E-state index in [1.165, 1.54) is 29.2 Å². The van der Waals surface area contributed by atoms with Crippen molar-refractivity contribution in [2.45, 2.75) is 25.9 Å². The SMILES string of the molecule is Cc1nc2ccccn2c1/C(O)=C1\C(=O)C(=O)N(CCCn2ccnc2)[C@H]1c1ccc(F)cc1. The zero-order valence-electron chi connectivity index (χ0n) is 18.4. The van der Waals surface area contributed by atoms with Gasteiger partial charge in [-0.2, -0.15) is 0 Å². The number of hydrogen-bond donors (Lipinski definition) is 1. The molecule has 0 radical (unpaired) electrons. The highest BCUT2D eigenvalue weighted by Crippen LogP contribution is 2.40. The Hall–Kier alpha value is -4.27. The fraction of sp³-hybridized carbons (Fsp3) is 0.200. The number of amides is 1. The summed E-state index contributed by atoms with van der Waals surface area (Å²) in [6, 6.07) is 10.2. The molecule has 1 aromatic carbocycles. The van der Waals surface area contributed by atoms with Gasteiger partial charge in [0.25, 0.3) is 11.7 Å². The molecule has 1 aliphatic rings. The van der Waals surface area contributed by atoms with E-state index in [9.17, 15) is 19.1 Å². The highest BCUT2D eigenvalue weighted by Gasteiger charge is 2.46. The van der Waals surface area contributed by atoms with Gasteiger partial charge in [0.15, 0.2) is 5.76 Å². The molecule has 1 aliphatic heterocycles. The molecule has 34 heavy (non-hydrogen) atoms. The van der Waals surface area contributed by atoms with Gasteiger partial charge in [0, 0.05) is 31.7 Å². The van der Waals surface area contributed by atoms with Crippen molar-refractivity contribution in [3.8, 4) is 0 Å². The van der Waals surface area contributed by atoms with Gasteiger partial charge >= 0.3 is 0 Å². The third kappa shape index (κ3) is 3.64. The Morgan fingerprint density at radius 2 is 1.88 bits per heavy atom. The van der Waals surface area contributed by atoms with E-state index >= 15 is 0 Å². The monoisotopic (exact) mass is 459 g/mol. The van der Waals surface area contributed by atoms with Crippen LogP contribution in [0.5, 0.6) is 0 Å². The Balaban J connectivity index is 1.60. The number of aliphatic hydroxyl groups is 1. The van der Waals surface area contributed by atoms with Gasteiger partial charge in [0.05, 0.1) is 23.6 Å². The fourth-order valence-corrected chi connectivity index (χ4v) is 4.47. The maximum Gasteiger partial charge on any atom is 0.295 e. The molecule has 1 fully saturated rings. The number of ketones is 1. The average molecular weight is 459 g/mol. The second-order valence-electron chi connectivity index (χ2n) is 8.17. The number of nitrogens with zero attached hydrogens (tertiary/aromatic N) is 5. The summed E-state index contributed by atoms with van der Waals surface area (Å²) in [5.74, 6) is -2.22. The molecule has 3 aromatic heterocycles. The first-order valence-electron chi connectivity index (χ1n) is 10.9. The first kappa shape index (κ1) is 21.6. The van der Waals surface area contributed by atoms with Gasteiger partial charge in [-0.15, -0.1) is 0 Å². The molecular formula is C25H22FN5O3. The number of rotatable bonds is 6. The molecule has 1 atom stereocenters. The molecule has 0 spiro atoms. The van der Waals surface area contributed by atoms with Crippen LogP contribution < -0.4 is 0 Å². The quantitative estimate of drug-likeness (QED) is 0.271. The molecule has 172 valence electrons. The lowest BCUT2D eigenvalue weighted by Crippen LogP contribution is -2.31. The average Bonchev–Trinajstić information content (AvgIpc) is 3.52. The van der Waals surface area contributed by atoms with Crippen LogP contribution >= 0.6 is 0 Å². The van der Waals surface area contributed by atoms with E-state index in [2.05, 4.69) is 9.97 Å². The number of Topliss-reactive ketones (excluding diaryl/α,β-unsaturated/α-hetero) is 1. The summed E-state index contributed by atoms with van der Waals surface area (Å²) in [6.07, 6.45) is 7.47. The minimum absolute atomic E-state index is 0.0343. The maximum absolute atomic E-state index is 13.7. The molecule has 8 nitrogen and oxygen atoms in total. The number of hydrogen-bond acceptors (Lipinski definition) is 5. The first-order chi connectivity index (χ1) is 16.5. The molecular weight excluding hydrogens is 437 g/mol. The van der Waals surface area contributed by atoms with Crippen LogP contribution in [0.2, 0.25) is 0 Å². The number of fused-ring (bicyclic) bond motifs is 1. The summed E-state index contributed by atoms with van der Waals surface area (Å²) >= 11 is 0. The van der Waals surface area contributed by atoms with E-state index in [1.807, 2.05) is 16.8 Å². The van der Waals surface area contributed by atoms with Crippen molar-refractivity contribution in [1.82, 2.24) is 23.8 Å². The Morgan fingerprint density at radius 3 is 2.62 bits per heavy atom. The molecule has 0 aliphatic carbocycles. The predicted octanol–water partition coefficient (Wildman–Crippen LogP) is 3.49. The van der Waals surface area contributed by atoms with E-state index in [1.54, 1.807) is 42.2 Å². The number of pyridine rings is 1. The zero-order valence-corrected chi connectivity index (χ0v) is 18.4. The molecule has 1 amide bonds. The van der Waals surface area contributed by atoms with E-state index in [0.29, 0.717) is 35.6 Å². The van der Waals surface area contributed by atoms with Crippen LogP contribution in [0.4, 0.5) is 4.39 Å². The van der Waals surface area contributed by atoms with Crippen molar-refractivity contribution < 1.29 is 19.1 Å². The van der Waals surface area contributed by atoms with Gasteiger partial charge in [-0.05, 0) is 43.2 Å². The van der Waals surface area contributed by atoms with E-state index in [4.69, 9.17) is 0 Å². The van der Waals surface area contributed by atoms with E-state index < -0.39 is 23.5 Å². The van der Waals surface area contributed by atoms with Gasteiger partial charge in [-0.25, -0.2) is 14.4 Å². The number of carbonyl (C=O) groups is 2. The Kier molecular flexibility index (Phi) is 5.45. The van der Waals surface area contributed by atoms with Crippen molar-refractivity contribution in [2.75, 3.05) is 6.54 Å². The molecule has 0 saturated carbocycles. The van der Waals surface area contributed by atoms with Gasteiger partial charge in [0.2, 0.25) is 0 Å². The Morgan fingerprint density at radius 1 is 1.09 bits per heavy atom. The number of benzene rings is 1. The second kappa shape index (κ2) is 8.58. The summed E-state index contributed by atoms with van der Waals surface area (Å²) in [4.78, 5) is 36.2. The maximum atomic E-state index is 13.7. The number of aliphatic hydroxyl groups excluding tert-OH is 1. The van der Waals surface area contributed by atoms with Crippen molar-refractivity contribution in [2.24, 2.45) is 0 Å². The molecule has 4 heterocycles. The van der Waals surface area contributed by atoms with Crippen molar-refractivity contribution in [3.05, 3.63) is 95.7 Å². The fourth-order valence-electron chi connectivity index (χ4n) is 4.47. The molecule has 9 heteroatoms. The smallest absolute Gasteiger partial charge is 0.295 e. The lowest BCUT2D eigenvalue weighted by molar-refractivity contribution is -0.139. The van der Waals surface area contributed by atoms with Gasteiger partial charge < -0.3 is 14.6 Å². The predicted molar refractivity (Wildman–Crippen MR) is 122 cm³/mol. The highest BCUT2D eigenvalue weighted by atomic mass is 19.1. The van der Waals surface area contributed by atoms with E-state index in [0.717, 1.165) is 0 Å². The van der Waals surface area contributed by atoms with Gasteiger partial charge in [-0.3, -0.25) is 14.0 Å². The second-order valence-corrected chi connectivity index (χ2v) is 8.17. The number of imidazole rings is 2. The van der Waals surface area contributed by atoms with Crippen molar-refractivity contribution >= 4 is 23.1 Å². The topological polar surface area (TPSA) is 92.7 Å². The molecule has 5 rings (SSSR count). The van der Waals surface area contributed by atoms with E-state index in [-0.39, 0.29) is 17.9 Å². The molecule has 1 saturated heterocycles. The van der Waals surface area contributed by atoms with Crippen LogP contribution in [0.3, 0.4) is 0 Å². The van der Waals surface area contributed by atoms with Gasteiger partial charge in [0.1, 0.15) is 17.2 Å². The number of aryl methyl sites for hydroxylation is 2. The summed E-state index contributed by atoms with van der Waals surface area (Å²) in [5, 5.41) is 11.4. The van der Waals surface area contributed by atoms with Crippen molar-refractivity contribution in [3.63, 3.8) is 0 Å². The number of carbonyl (C=O) groups excluding carboxylic acids is 2. The van der Waals surface area contributed by atoms with Gasteiger partial charge in [-0.1, -0.05) is 18.2 Å². The lowest BCUT2D eigenvalue weighted by atomic mass is 9.96. The summed E-state index contributed by atoms with van der Waals surface area (Å²) in [6.45, 7) is 2.61. The number of aromatic nitrogens is 4. The van der Waals surface area contributed by atoms with Crippen LogP contribution in [0.25, 0.3) is 11.4 Å². The molecule has 4 aromatic rings. The van der Waals surface area contributed by atoms with Crippen LogP contribution in [0.15, 0.2) is 73.0 Å². The van der Waals surface area contributed by atoms with Crippen LogP contribution in [-0.2, 0) is 16.1 Å². The Labute approximate surface area is 194 Å². The van der Waals surface area contributed by atoms with Crippen molar-refractivity contribution in [1.29, 1.82) is 0 Å². The first-order valence-corrected chi connectivity index (χ1v) is 10.9. The minimum Gasteiger partial charge on any atom is -0.505 e. The normalized spacial score (nSPS) is 17.7. The third-order valence-electron chi connectivity index (χ3n) is 6.03. The number of halogens is 1. The molecule has 0 bridgehead atoms. The third-order valence-corrected chi connectivity index (χ3v) is 6.03. The van der Waals surface area contributed by atoms with Crippen LogP contribution in [0, 0.1) is 12.7 Å². The highest BCUT2D eigenvalue weighted by molar-refractivity contribution is 6.46. The summed E-state index contributed by atoms with van der Waals surface area (Å²) < 4.78 is 17.2. The lowest BCUT2D eigenvalue weighted by Gasteiger charge is -2.25. The molecule has 1 N–H and O–H groups in total. The largest absolute Gasteiger partial charge is 0.505 e. The van der Waals surface area contributed by atoms with Crippen LogP contribution in [0.1, 0.15) is 29.4 Å². The summed E-state index contributed by atoms with van der Waals surface area (Å²) in [5.41, 5.74) is 1.98.